The second-order valence-corrected chi connectivity index (χ2v) is 3.10. The van der Waals surface area contributed by atoms with Crippen molar-refractivity contribution in [1.29, 1.82) is 0 Å². The molecule has 0 aliphatic heterocycles. The van der Waals surface area contributed by atoms with E-state index in [9.17, 15) is 4.79 Å². The molecule has 0 aromatic heterocycles. The first-order valence-electron chi connectivity index (χ1n) is 3.45. The lowest BCUT2D eigenvalue weighted by Crippen LogP contribution is -2.21. The summed E-state index contributed by atoms with van der Waals surface area (Å²) < 4.78 is 4.25. The van der Waals surface area contributed by atoms with E-state index in [1.807, 2.05) is 0 Å². The minimum Gasteiger partial charge on any atom is -0.390 e. The van der Waals surface area contributed by atoms with Crippen molar-refractivity contribution in [3.05, 3.63) is 0 Å². The second kappa shape index (κ2) is 6.31. The van der Waals surface area contributed by atoms with Gasteiger partial charge in [0.15, 0.2) is 0 Å². The van der Waals surface area contributed by atoms with Gasteiger partial charge in [0, 0.05) is 20.6 Å². The molecule has 68 valence electrons. The molecule has 3 heteroatoms. The van der Waals surface area contributed by atoms with Crippen molar-refractivity contribution in [3.63, 3.8) is 0 Å². The summed E-state index contributed by atoms with van der Waals surface area (Å²) in [6.07, 6.45) is 0.243. The third kappa shape index (κ3) is 26.2. The van der Waals surface area contributed by atoms with Crippen LogP contribution in [0.5, 0.6) is 0 Å². The second-order valence-electron chi connectivity index (χ2n) is 3.10. The van der Waals surface area contributed by atoms with Gasteiger partial charge in [-0.2, -0.15) is 0 Å². The molecule has 0 rings (SSSR count). The summed E-state index contributed by atoms with van der Waals surface area (Å²) in [6.45, 7) is 4.71. The first kappa shape index (κ1) is 13.2. The number of hydrogen-bond acceptors (Lipinski definition) is 3. The van der Waals surface area contributed by atoms with Gasteiger partial charge in [-0.25, -0.2) is 0 Å². The van der Waals surface area contributed by atoms with Crippen molar-refractivity contribution in [2.45, 2.75) is 32.8 Å². The minimum absolute atomic E-state index is 0.0255. The molecular weight excluding hydrogens is 144 g/mol. The molecular formula is C8H18O3. The zero-order valence-corrected chi connectivity index (χ0v) is 7.97. The molecule has 0 saturated carbocycles. The standard InChI is InChI=1S/C6H12O2.C2H6O/c1-5(7)4-6(2,3)8;1-3-2/h8H,4H2,1-3H3;1-2H3. The number of ketones is 1. The van der Waals surface area contributed by atoms with Crippen LogP contribution in [0.2, 0.25) is 0 Å². The minimum atomic E-state index is -0.828. The predicted octanol–water partition coefficient (Wildman–Crippen LogP) is 0.999. The number of ether oxygens (including phenoxy) is 1. The lowest BCUT2D eigenvalue weighted by Gasteiger charge is -2.13. The summed E-state index contributed by atoms with van der Waals surface area (Å²) in [7, 11) is 3.25. The smallest absolute Gasteiger partial charge is 0.132 e. The predicted molar refractivity (Wildman–Crippen MR) is 44.5 cm³/mol. The van der Waals surface area contributed by atoms with Gasteiger partial charge in [0.25, 0.3) is 0 Å². The molecule has 0 heterocycles. The fraction of sp³-hybridized carbons (Fsp3) is 0.875. The number of methoxy groups -OCH3 is 1. The van der Waals surface area contributed by atoms with Crippen LogP contribution in [-0.2, 0) is 9.53 Å². The molecule has 0 spiro atoms. The van der Waals surface area contributed by atoms with Gasteiger partial charge in [0.1, 0.15) is 5.78 Å². The SMILES string of the molecule is CC(=O)CC(C)(C)O.COC. The fourth-order valence-electron chi connectivity index (χ4n) is 0.609. The van der Waals surface area contributed by atoms with E-state index in [1.165, 1.54) is 6.92 Å². The Labute approximate surface area is 68.4 Å². The van der Waals surface area contributed by atoms with Gasteiger partial charge in [-0.05, 0) is 20.8 Å². The summed E-state index contributed by atoms with van der Waals surface area (Å²) in [5.41, 5.74) is -0.828. The average molecular weight is 162 g/mol. The van der Waals surface area contributed by atoms with Gasteiger partial charge in [-0.1, -0.05) is 0 Å². The van der Waals surface area contributed by atoms with Crippen molar-refractivity contribution in [1.82, 2.24) is 0 Å². The zero-order chi connectivity index (χ0) is 9.49. The maximum Gasteiger partial charge on any atom is 0.132 e. The Morgan fingerprint density at radius 3 is 1.73 bits per heavy atom. The van der Waals surface area contributed by atoms with Crippen LogP contribution >= 0.6 is 0 Å². The number of carbonyl (C=O) groups excluding carboxylic acids is 1. The highest BCUT2D eigenvalue weighted by Gasteiger charge is 2.13. The van der Waals surface area contributed by atoms with Gasteiger partial charge in [0.05, 0.1) is 5.60 Å². The lowest BCUT2D eigenvalue weighted by molar-refractivity contribution is -0.120. The molecule has 0 aromatic rings. The van der Waals surface area contributed by atoms with E-state index in [1.54, 1.807) is 28.1 Å². The highest BCUT2D eigenvalue weighted by Crippen LogP contribution is 2.06. The molecule has 0 amide bonds. The molecule has 0 atom stereocenters. The lowest BCUT2D eigenvalue weighted by atomic mass is 10.0. The number of rotatable bonds is 2. The van der Waals surface area contributed by atoms with Gasteiger partial charge >= 0.3 is 0 Å². The first-order chi connectivity index (χ1) is 4.83. The van der Waals surface area contributed by atoms with Crippen molar-refractivity contribution in [2.75, 3.05) is 14.2 Å². The highest BCUT2D eigenvalue weighted by molar-refractivity contribution is 5.76. The van der Waals surface area contributed by atoms with E-state index in [2.05, 4.69) is 4.74 Å². The van der Waals surface area contributed by atoms with Crippen LogP contribution < -0.4 is 0 Å². The van der Waals surface area contributed by atoms with Crippen molar-refractivity contribution >= 4 is 5.78 Å². The molecule has 0 bridgehead atoms. The summed E-state index contributed by atoms with van der Waals surface area (Å²) in [5, 5.41) is 8.97. The van der Waals surface area contributed by atoms with Gasteiger partial charge in [-0.15, -0.1) is 0 Å². The van der Waals surface area contributed by atoms with E-state index in [0.717, 1.165) is 0 Å². The molecule has 0 aliphatic carbocycles. The van der Waals surface area contributed by atoms with Crippen LogP contribution in [-0.4, -0.2) is 30.7 Å². The summed E-state index contributed by atoms with van der Waals surface area (Å²) in [4.78, 5) is 10.3. The first-order valence-corrected chi connectivity index (χ1v) is 3.45. The Hall–Kier alpha value is -0.410. The van der Waals surface area contributed by atoms with E-state index >= 15 is 0 Å². The molecule has 0 aromatic carbocycles. The Balaban J connectivity index is 0. The average Bonchev–Trinajstić information content (AvgIpc) is 1.57. The third-order valence-corrected chi connectivity index (χ3v) is 0.682. The topological polar surface area (TPSA) is 46.5 Å². The Morgan fingerprint density at radius 1 is 1.45 bits per heavy atom. The van der Waals surface area contributed by atoms with E-state index in [-0.39, 0.29) is 12.2 Å². The number of hydrogen-bond donors (Lipinski definition) is 1. The molecule has 0 unspecified atom stereocenters. The number of Topliss-reactive ketones (excluding diaryl/α,β-unsaturated/α-hetero) is 1. The molecule has 0 saturated heterocycles. The third-order valence-electron chi connectivity index (χ3n) is 0.682. The van der Waals surface area contributed by atoms with Crippen LogP contribution in [0.25, 0.3) is 0 Å². The van der Waals surface area contributed by atoms with E-state index in [0.29, 0.717) is 0 Å². The van der Waals surface area contributed by atoms with Gasteiger partial charge in [0.2, 0.25) is 0 Å². The Kier molecular flexibility index (Phi) is 7.57. The van der Waals surface area contributed by atoms with E-state index in [4.69, 9.17) is 5.11 Å². The number of aliphatic hydroxyl groups is 1. The fourth-order valence-corrected chi connectivity index (χ4v) is 0.609. The van der Waals surface area contributed by atoms with Crippen LogP contribution in [0.3, 0.4) is 0 Å². The van der Waals surface area contributed by atoms with Crippen molar-refractivity contribution < 1.29 is 14.6 Å². The quantitative estimate of drug-likeness (QED) is 0.659. The molecule has 1 N–H and O–H groups in total. The highest BCUT2D eigenvalue weighted by atomic mass is 16.4. The number of carbonyl (C=O) groups is 1. The molecule has 0 aliphatic rings. The van der Waals surface area contributed by atoms with E-state index < -0.39 is 5.60 Å². The van der Waals surface area contributed by atoms with Crippen LogP contribution in [0.4, 0.5) is 0 Å². The van der Waals surface area contributed by atoms with Gasteiger partial charge < -0.3 is 9.84 Å². The van der Waals surface area contributed by atoms with Crippen LogP contribution in [0.15, 0.2) is 0 Å². The summed E-state index contributed by atoms with van der Waals surface area (Å²) in [6, 6.07) is 0. The van der Waals surface area contributed by atoms with Crippen molar-refractivity contribution in [3.8, 4) is 0 Å². The largest absolute Gasteiger partial charge is 0.390 e. The van der Waals surface area contributed by atoms with Crippen LogP contribution in [0, 0.1) is 0 Å². The Morgan fingerprint density at radius 2 is 1.73 bits per heavy atom. The van der Waals surface area contributed by atoms with Gasteiger partial charge in [-0.3, -0.25) is 4.79 Å². The molecule has 11 heavy (non-hydrogen) atoms. The summed E-state index contributed by atoms with van der Waals surface area (Å²) in [5.74, 6) is 0.0255. The molecule has 3 nitrogen and oxygen atoms in total. The molecule has 0 fully saturated rings. The maximum atomic E-state index is 10.3. The zero-order valence-electron chi connectivity index (χ0n) is 7.97. The normalized spacial score (nSPS) is 10.0. The Bertz CT molecular complexity index is 102. The summed E-state index contributed by atoms with van der Waals surface area (Å²) >= 11 is 0. The monoisotopic (exact) mass is 162 g/mol. The maximum absolute atomic E-state index is 10.3. The van der Waals surface area contributed by atoms with Crippen LogP contribution in [0.1, 0.15) is 27.2 Å². The molecule has 0 radical (unpaired) electrons. The van der Waals surface area contributed by atoms with Crippen molar-refractivity contribution in [2.24, 2.45) is 0 Å².